The molecule has 5 rings (SSSR count). The fourth-order valence-corrected chi connectivity index (χ4v) is 5.52. The minimum Gasteiger partial charge on any atom is -0.392 e. The van der Waals surface area contributed by atoms with Crippen molar-refractivity contribution in [3.8, 4) is 0 Å². The summed E-state index contributed by atoms with van der Waals surface area (Å²) in [5.41, 5.74) is -0.354. The number of imide groups is 1. The highest BCUT2D eigenvalue weighted by atomic mass is 35.5. The number of nitrogens with zero attached hydrogens (tertiary/aromatic N) is 1. The lowest BCUT2D eigenvalue weighted by atomic mass is 9.76. The van der Waals surface area contributed by atoms with E-state index < -0.39 is 41.3 Å². The van der Waals surface area contributed by atoms with Crippen LogP contribution in [-0.4, -0.2) is 59.1 Å². The van der Waals surface area contributed by atoms with E-state index in [4.69, 9.17) is 16.3 Å². The van der Waals surface area contributed by atoms with Gasteiger partial charge in [0.15, 0.2) is 0 Å². The van der Waals surface area contributed by atoms with Crippen molar-refractivity contribution in [3.05, 3.63) is 28.8 Å². The van der Waals surface area contributed by atoms with Crippen molar-refractivity contribution in [2.75, 3.05) is 18.5 Å². The lowest BCUT2D eigenvalue weighted by Crippen LogP contribution is -2.55. The van der Waals surface area contributed by atoms with Crippen LogP contribution in [0.25, 0.3) is 0 Å². The number of hydrogen-bond acceptors (Lipinski definition) is 6. The van der Waals surface area contributed by atoms with Gasteiger partial charge in [-0.15, -0.1) is 0 Å². The lowest BCUT2D eigenvalue weighted by molar-refractivity contribution is -0.144. The van der Waals surface area contributed by atoms with Crippen molar-refractivity contribution in [1.82, 2.24) is 10.2 Å². The van der Waals surface area contributed by atoms with E-state index in [9.17, 15) is 19.5 Å². The van der Waals surface area contributed by atoms with E-state index in [2.05, 4.69) is 10.6 Å². The van der Waals surface area contributed by atoms with Crippen LogP contribution in [0.3, 0.4) is 0 Å². The zero-order valence-electron chi connectivity index (χ0n) is 15.9. The number of halogens is 1. The van der Waals surface area contributed by atoms with Crippen molar-refractivity contribution in [1.29, 1.82) is 0 Å². The summed E-state index contributed by atoms with van der Waals surface area (Å²) in [4.78, 5) is 41.1. The standard InChI is InChI=1S/C20H22ClN3O5/c1-9(25)16-14-15(18(27)24(17(14)26)8-11-3-2-6-29-11)20(23-16)12-7-10(21)4-5-13(12)22-19(20)28/h4-5,7,9,11,14-16,23,25H,2-3,6,8H2,1H3,(H,22,28)/t9-,11+,14-,15-,16+,20-/m1/s1. The summed E-state index contributed by atoms with van der Waals surface area (Å²) in [5, 5.41) is 16.8. The van der Waals surface area contributed by atoms with Gasteiger partial charge in [0.25, 0.3) is 0 Å². The fraction of sp³-hybridized carbons (Fsp3) is 0.550. The van der Waals surface area contributed by atoms with Gasteiger partial charge in [-0.2, -0.15) is 0 Å². The Bertz CT molecular complexity index is 915. The van der Waals surface area contributed by atoms with E-state index in [1.54, 1.807) is 25.1 Å². The summed E-state index contributed by atoms with van der Waals surface area (Å²) in [6, 6.07) is 4.25. The van der Waals surface area contributed by atoms with E-state index in [1.165, 1.54) is 4.90 Å². The highest BCUT2D eigenvalue weighted by molar-refractivity contribution is 6.31. The molecule has 0 aromatic heterocycles. The Kier molecular flexibility index (Phi) is 4.26. The van der Waals surface area contributed by atoms with Crippen LogP contribution in [0, 0.1) is 11.8 Å². The minimum absolute atomic E-state index is 0.178. The largest absolute Gasteiger partial charge is 0.392 e. The molecule has 8 nitrogen and oxygen atoms in total. The number of ether oxygens (including phenoxy) is 1. The number of likely N-dealkylation sites (tertiary alicyclic amines) is 1. The van der Waals surface area contributed by atoms with Gasteiger partial charge in [-0.05, 0) is 38.0 Å². The van der Waals surface area contributed by atoms with Gasteiger partial charge in [0.05, 0.1) is 30.6 Å². The number of aliphatic hydroxyl groups excluding tert-OH is 1. The molecule has 3 saturated heterocycles. The Labute approximate surface area is 172 Å². The molecule has 4 aliphatic rings. The maximum Gasteiger partial charge on any atom is 0.250 e. The number of amides is 3. The summed E-state index contributed by atoms with van der Waals surface area (Å²) in [7, 11) is 0. The first-order valence-electron chi connectivity index (χ1n) is 9.88. The van der Waals surface area contributed by atoms with Crippen molar-refractivity contribution < 1.29 is 24.2 Å². The molecule has 0 unspecified atom stereocenters. The Morgan fingerprint density at radius 1 is 1.34 bits per heavy atom. The van der Waals surface area contributed by atoms with Gasteiger partial charge in [-0.1, -0.05) is 11.6 Å². The van der Waals surface area contributed by atoms with E-state index in [0.29, 0.717) is 22.9 Å². The van der Waals surface area contributed by atoms with Gasteiger partial charge < -0.3 is 15.2 Å². The summed E-state index contributed by atoms with van der Waals surface area (Å²) in [6.07, 6.45) is 0.561. The Morgan fingerprint density at radius 3 is 2.83 bits per heavy atom. The summed E-state index contributed by atoms with van der Waals surface area (Å²) in [6.45, 7) is 2.35. The van der Waals surface area contributed by atoms with Crippen molar-refractivity contribution >= 4 is 35.0 Å². The molecule has 154 valence electrons. The van der Waals surface area contributed by atoms with Gasteiger partial charge in [-0.25, -0.2) is 0 Å². The fourth-order valence-electron chi connectivity index (χ4n) is 5.35. The molecule has 3 fully saturated rings. The van der Waals surface area contributed by atoms with Crippen molar-refractivity contribution in [2.24, 2.45) is 11.8 Å². The second kappa shape index (κ2) is 6.50. The molecule has 3 N–H and O–H groups in total. The zero-order chi connectivity index (χ0) is 20.5. The Hall–Kier alpha value is -2.00. The molecule has 4 aliphatic heterocycles. The van der Waals surface area contributed by atoms with Crippen LogP contribution < -0.4 is 10.6 Å². The second-order valence-corrected chi connectivity index (χ2v) is 8.72. The van der Waals surface area contributed by atoms with E-state index in [0.717, 1.165) is 12.8 Å². The molecule has 1 aromatic carbocycles. The van der Waals surface area contributed by atoms with Crippen LogP contribution in [0.5, 0.6) is 0 Å². The first-order valence-corrected chi connectivity index (χ1v) is 10.3. The highest BCUT2D eigenvalue weighted by Crippen LogP contribution is 2.53. The van der Waals surface area contributed by atoms with Gasteiger partial charge in [0, 0.05) is 28.9 Å². The quantitative estimate of drug-likeness (QED) is 0.620. The molecule has 0 saturated carbocycles. The zero-order valence-corrected chi connectivity index (χ0v) is 16.6. The lowest BCUT2D eigenvalue weighted by Gasteiger charge is -2.30. The second-order valence-electron chi connectivity index (χ2n) is 8.29. The SMILES string of the molecule is C[C@@H](O)[C@@H]1N[C@@]2(C(=O)Nc3ccc(Cl)cc32)[C@H]2C(=O)N(C[C@@H]3CCCO3)C(=O)[C@@H]12. The molecule has 0 aliphatic carbocycles. The topological polar surface area (TPSA) is 108 Å². The summed E-state index contributed by atoms with van der Waals surface area (Å²) < 4.78 is 5.61. The van der Waals surface area contributed by atoms with Crippen LogP contribution in [0.2, 0.25) is 5.02 Å². The van der Waals surface area contributed by atoms with E-state index in [-0.39, 0.29) is 18.6 Å². The molecular formula is C20H22ClN3O5. The summed E-state index contributed by atoms with van der Waals surface area (Å²) >= 11 is 6.19. The van der Waals surface area contributed by atoms with Crippen LogP contribution in [0.4, 0.5) is 5.69 Å². The van der Waals surface area contributed by atoms with Crippen LogP contribution >= 0.6 is 11.6 Å². The van der Waals surface area contributed by atoms with Gasteiger partial charge in [0.2, 0.25) is 17.7 Å². The molecular weight excluding hydrogens is 398 g/mol. The molecule has 6 atom stereocenters. The van der Waals surface area contributed by atoms with Crippen LogP contribution in [0.15, 0.2) is 18.2 Å². The third kappa shape index (κ3) is 2.53. The first-order chi connectivity index (χ1) is 13.8. The number of carbonyl (C=O) groups is 3. The number of nitrogens with one attached hydrogen (secondary N) is 2. The molecule has 0 radical (unpaired) electrons. The number of anilines is 1. The monoisotopic (exact) mass is 419 g/mol. The van der Waals surface area contributed by atoms with Crippen LogP contribution in [-0.2, 0) is 24.7 Å². The third-order valence-electron chi connectivity index (χ3n) is 6.63. The average molecular weight is 420 g/mol. The van der Waals surface area contributed by atoms with Crippen molar-refractivity contribution in [2.45, 2.75) is 43.6 Å². The minimum atomic E-state index is -1.44. The molecule has 3 amide bonds. The smallest absolute Gasteiger partial charge is 0.250 e. The summed E-state index contributed by atoms with van der Waals surface area (Å²) in [5.74, 6) is -2.97. The molecule has 1 spiro atoms. The van der Waals surface area contributed by atoms with Gasteiger partial charge in [0.1, 0.15) is 5.54 Å². The maximum atomic E-state index is 13.5. The number of carbonyl (C=O) groups excluding carboxylic acids is 3. The third-order valence-corrected chi connectivity index (χ3v) is 6.87. The predicted octanol–water partition coefficient (Wildman–Crippen LogP) is 0.620. The van der Waals surface area contributed by atoms with E-state index in [1.807, 2.05) is 0 Å². The van der Waals surface area contributed by atoms with Crippen molar-refractivity contribution in [3.63, 3.8) is 0 Å². The molecule has 1 aromatic rings. The van der Waals surface area contributed by atoms with Gasteiger partial charge in [-0.3, -0.25) is 24.6 Å². The predicted molar refractivity (Wildman–Crippen MR) is 103 cm³/mol. The normalized spacial score (nSPS) is 36.7. The number of fused-ring (bicyclic) bond motifs is 4. The van der Waals surface area contributed by atoms with Gasteiger partial charge >= 0.3 is 0 Å². The Morgan fingerprint density at radius 2 is 2.14 bits per heavy atom. The number of benzene rings is 1. The Balaban J connectivity index is 1.61. The number of rotatable bonds is 3. The number of hydrogen-bond donors (Lipinski definition) is 3. The number of aliphatic hydroxyl groups is 1. The maximum absolute atomic E-state index is 13.5. The molecule has 0 bridgehead atoms. The first kappa shape index (κ1) is 19.0. The average Bonchev–Trinajstić information content (AvgIpc) is 3.41. The molecule has 9 heteroatoms. The van der Waals surface area contributed by atoms with Crippen LogP contribution in [0.1, 0.15) is 25.3 Å². The molecule has 29 heavy (non-hydrogen) atoms. The highest BCUT2D eigenvalue weighted by Gasteiger charge is 2.71. The molecule has 4 heterocycles. The van der Waals surface area contributed by atoms with E-state index >= 15 is 0 Å².